The van der Waals surface area contributed by atoms with Gasteiger partial charge >= 0.3 is 0 Å². The molecule has 8 heteroatoms. The molecule has 3 aromatic carbocycles. The zero-order valence-electron chi connectivity index (χ0n) is 27.1. The van der Waals surface area contributed by atoms with Gasteiger partial charge in [-0.2, -0.15) is 0 Å². The fraction of sp³-hybridized carbons (Fsp3) is 0.472. The van der Waals surface area contributed by atoms with Crippen LogP contribution < -0.4 is 14.2 Å². The molecule has 0 bridgehead atoms. The fourth-order valence-electron chi connectivity index (χ4n) is 7.96. The monoisotopic (exact) mass is 618 g/mol. The Morgan fingerprint density at radius 3 is 2.11 bits per heavy atom. The molecule has 2 N–H and O–H groups in total. The van der Waals surface area contributed by atoms with Gasteiger partial charge in [-0.05, 0) is 58.3 Å². The number of aliphatic hydroxyl groups is 2. The molecule has 2 aliphatic rings. The second-order valence-electron chi connectivity index (χ2n) is 13.1. The summed E-state index contributed by atoms with van der Waals surface area (Å²) in [5.74, 6) is 0.692. The number of hydrogen-bond donors (Lipinski definition) is 2. The van der Waals surface area contributed by atoms with Crippen LogP contribution in [0.3, 0.4) is 0 Å². The van der Waals surface area contributed by atoms with Crippen molar-refractivity contribution < 1.29 is 33.6 Å². The van der Waals surface area contributed by atoms with Gasteiger partial charge in [0.05, 0.1) is 19.8 Å². The molecule has 0 radical (unpaired) electrons. The number of hydrogen-bond acceptors (Lipinski definition) is 7. The van der Waals surface area contributed by atoms with Gasteiger partial charge in [0.15, 0.2) is 11.2 Å². The summed E-state index contributed by atoms with van der Waals surface area (Å²) in [5, 5.41) is 26.0. The minimum atomic E-state index is -2.71. The van der Waals surface area contributed by atoms with E-state index in [9.17, 15) is 15.0 Å². The molecule has 3 aromatic rings. The van der Waals surface area contributed by atoms with Crippen molar-refractivity contribution in [2.75, 3.05) is 14.2 Å². The van der Waals surface area contributed by atoms with E-state index in [1.54, 1.807) is 19.2 Å². The van der Waals surface area contributed by atoms with Gasteiger partial charge in [-0.3, -0.25) is 4.79 Å². The van der Waals surface area contributed by atoms with Gasteiger partial charge < -0.3 is 28.8 Å². The number of benzene rings is 3. The molecule has 0 aromatic heterocycles. The van der Waals surface area contributed by atoms with Crippen molar-refractivity contribution in [1.29, 1.82) is 0 Å². The zero-order chi connectivity index (χ0) is 32.0. The Bertz CT molecular complexity index is 1500. The maximum Gasteiger partial charge on any atom is 0.201 e. The largest absolute Gasteiger partial charge is 0.497 e. The molecule has 2 aliphatic carbocycles. The van der Waals surface area contributed by atoms with Crippen LogP contribution in [0.15, 0.2) is 60.7 Å². The Morgan fingerprint density at radius 2 is 1.52 bits per heavy atom. The topological polar surface area (TPSA) is 94.5 Å². The van der Waals surface area contributed by atoms with Crippen LogP contribution in [0.5, 0.6) is 17.2 Å². The highest BCUT2D eigenvalue weighted by Gasteiger charge is 2.69. The summed E-state index contributed by atoms with van der Waals surface area (Å²) in [7, 11) is 0.392. The normalized spacial score (nSPS) is 22.9. The van der Waals surface area contributed by atoms with E-state index in [1.807, 2.05) is 48.5 Å². The molecule has 0 saturated heterocycles. The van der Waals surface area contributed by atoms with Gasteiger partial charge in [0.25, 0.3) is 0 Å². The first-order chi connectivity index (χ1) is 20.9. The molecule has 0 spiro atoms. The summed E-state index contributed by atoms with van der Waals surface area (Å²) in [6, 6.07) is 18.7. The number of aryl methyl sites for hydroxylation is 1. The summed E-state index contributed by atoms with van der Waals surface area (Å²) < 4.78 is 25.2. The summed E-state index contributed by atoms with van der Waals surface area (Å²) >= 11 is 0. The minimum Gasteiger partial charge on any atom is -0.497 e. The first-order valence-electron chi connectivity index (χ1n) is 15.6. The first kappa shape index (κ1) is 32.2. The Labute approximate surface area is 262 Å². The van der Waals surface area contributed by atoms with E-state index in [0.29, 0.717) is 34.8 Å². The van der Waals surface area contributed by atoms with Gasteiger partial charge in [0.1, 0.15) is 30.0 Å². The van der Waals surface area contributed by atoms with Crippen molar-refractivity contribution in [2.24, 2.45) is 0 Å². The molecule has 7 nitrogen and oxygen atoms in total. The lowest BCUT2D eigenvalue weighted by Crippen LogP contribution is -2.67. The molecule has 3 atom stereocenters. The van der Waals surface area contributed by atoms with Crippen molar-refractivity contribution in [2.45, 2.75) is 94.9 Å². The molecular formula is C36H46O7Si. The molecular weight excluding hydrogens is 572 g/mol. The van der Waals surface area contributed by atoms with Crippen molar-refractivity contribution in [1.82, 2.24) is 0 Å². The highest BCUT2D eigenvalue weighted by Crippen LogP contribution is 2.62. The van der Waals surface area contributed by atoms with Crippen LogP contribution in [-0.2, 0) is 23.1 Å². The molecule has 0 amide bonds. The smallest absolute Gasteiger partial charge is 0.201 e. The highest BCUT2D eigenvalue weighted by molar-refractivity contribution is 6.77. The lowest BCUT2D eigenvalue weighted by molar-refractivity contribution is -0.199. The first-order valence-corrected chi connectivity index (χ1v) is 17.7. The van der Waals surface area contributed by atoms with Crippen molar-refractivity contribution in [3.05, 3.63) is 88.5 Å². The molecule has 0 saturated carbocycles. The molecule has 0 fully saturated rings. The van der Waals surface area contributed by atoms with Gasteiger partial charge in [-0.1, -0.05) is 84.0 Å². The van der Waals surface area contributed by atoms with E-state index < -0.39 is 31.4 Å². The number of fused-ring (bicyclic) bond motifs is 4. The molecule has 5 rings (SSSR count). The van der Waals surface area contributed by atoms with Crippen molar-refractivity contribution >= 4 is 14.1 Å². The van der Waals surface area contributed by atoms with Gasteiger partial charge in [0.2, 0.25) is 14.1 Å². The third-order valence-electron chi connectivity index (χ3n) is 9.97. The Balaban J connectivity index is 1.82. The fourth-order valence-corrected chi connectivity index (χ4v) is 13.5. The lowest BCUT2D eigenvalue weighted by Gasteiger charge is -2.57. The standard InChI is InChI=1S/C36H46O7Si/c1-22(2)44(23(3)4,24(5)6)43-34-28-15-12-16-29(41-8)31(28)33(37)35(38)18-17-26-19-27(40-7)20-30(32(26)36(34,35)39)42-21-25-13-10-9-11-14-25/h9-16,19-20,22-24,34,38-39H,17-18,21H2,1-8H3/t34-,35-,36+/m1/s1. The SMILES string of the molecule is COc1cc2c(c(OCc3ccccc3)c1)[C@]1(O)[C@H](O[Si](C(C)C)(C(C)C)C(C)C)c3cccc(OC)c3C(=O)[C@]1(O)CC2. The second-order valence-corrected chi connectivity index (χ2v) is 18.5. The predicted octanol–water partition coefficient (Wildman–Crippen LogP) is 7.28. The number of ether oxygens (including phenoxy) is 3. The molecule has 44 heavy (non-hydrogen) atoms. The molecule has 0 heterocycles. The summed E-state index contributed by atoms with van der Waals surface area (Å²) in [5.41, 5.74) is -0.991. The van der Waals surface area contributed by atoms with E-state index in [0.717, 1.165) is 11.1 Å². The number of carbonyl (C=O) groups excluding carboxylic acids is 1. The highest BCUT2D eigenvalue weighted by atomic mass is 28.4. The number of methoxy groups -OCH3 is 2. The minimum absolute atomic E-state index is 0.00241. The third kappa shape index (κ3) is 4.78. The Kier molecular flexibility index (Phi) is 8.77. The van der Waals surface area contributed by atoms with E-state index in [4.69, 9.17) is 18.6 Å². The van der Waals surface area contributed by atoms with Gasteiger partial charge in [0, 0.05) is 11.6 Å². The number of ketones is 1. The van der Waals surface area contributed by atoms with Crippen molar-refractivity contribution in [3.8, 4) is 17.2 Å². The zero-order valence-corrected chi connectivity index (χ0v) is 28.1. The van der Waals surface area contributed by atoms with Crippen LogP contribution in [0.4, 0.5) is 0 Å². The van der Waals surface area contributed by atoms with Crippen LogP contribution in [0.25, 0.3) is 0 Å². The number of rotatable bonds is 10. The summed E-state index contributed by atoms with van der Waals surface area (Å²) in [4.78, 5) is 14.5. The third-order valence-corrected chi connectivity index (χ3v) is 16.0. The molecule has 236 valence electrons. The van der Waals surface area contributed by atoms with Crippen LogP contribution in [0, 0.1) is 0 Å². The maximum absolute atomic E-state index is 14.5. The van der Waals surface area contributed by atoms with Gasteiger partial charge in [-0.25, -0.2) is 0 Å². The Hall–Kier alpha value is -3.17. The Morgan fingerprint density at radius 1 is 0.864 bits per heavy atom. The van der Waals surface area contributed by atoms with Crippen LogP contribution in [-0.4, -0.2) is 44.1 Å². The van der Waals surface area contributed by atoms with Crippen LogP contribution >= 0.6 is 0 Å². The summed E-state index contributed by atoms with van der Waals surface area (Å²) in [6.45, 7) is 13.3. The van der Waals surface area contributed by atoms with E-state index in [1.165, 1.54) is 7.11 Å². The number of carbonyl (C=O) groups is 1. The second kappa shape index (κ2) is 12.0. The molecule has 0 aliphatic heterocycles. The van der Waals surface area contributed by atoms with Gasteiger partial charge in [-0.15, -0.1) is 0 Å². The quantitative estimate of drug-likeness (QED) is 0.231. The average molecular weight is 619 g/mol. The van der Waals surface area contributed by atoms with Crippen LogP contribution in [0.2, 0.25) is 16.6 Å². The van der Waals surface area contributed by atoms with Crippen molar-refractivity contribution in [3.63, 3.8) is 0 Å². The van der Waals surface area contributed by atoms with E-state index >= 15 is 0 Å². The number of Topliss-reactive ketones (excluding diaryl/α,β-unsaturated/α-hetero) is 1. The predicted molar refractivity (Wildman–Crippen MR) is 173 cm³/mol. The maximum atomic E-state index is 14.5. The van der Waals surface area contributed by atoms with Crippen LogP contribution in [0.1, 0.15) is 86.7 Å². The van der Waals surface area contributed by atoms with E-state index in [2.05, 4.69) is 41.5 Å². The average Bonchev–Trinajstić information content (AvgIpc) is 3.00. The molecule has 0 unspecified atom stereocenters. The lowest BCUT2D eigenvalue weighted by atomic mass is 9.58. The van der Waals surface area contributed by atoms with E-state index in [-0.39, 0.29) is 35.2 Å². The summed E-state index contributed by atoms with van der Waals surface area (Å²) in [6.07, 6.45) is -0.741.